The Hall–Kier alpha value is -2.34. The summed E-state index contributed by atoms with van der Waals surface area (Å²) < 4.78 is 15.1. The molecule has 0 saturated carbocycles. The Labute approximate surface area is 136 Å². The Balaban J connectivity index is 1.91. The summed E-state index contributed by atoms with van der Waals surface area (Å²) >= 11 is 1.71. The van der Waals surface area contributed by atoms with Crippen molar-refractivity contribution in [1.82, 2.24) is 9.55 Å². The lowest BCUT2D eigenvalue weighted by atomic mass is 10.2. The Morgan fingerprint density at radius 1 is 1.39 bits per heavy atom. The van der Waals surface area contributed by atoms with Gasteiger partial charge in [0.2, 0.25) is 5.95 Å². The molecule has 1 aromatic heterocycles. The van der Waals surface area contributed by atoms with Crippen molar-refractivity contribution in [2.24, 2.45) is 0 Å². The molecular formula is C17H14FN3OS. The van der Waals surface area contributed by atoms with E-state index >= 15 is 0 Å². The molecule has 2 aromatic rings. The lowest BCUT2D eigenvalue weighted by molar-refractivity contribution is 0.629. The zero-order chi connectivity index (χ0) is 15.8. The summed E-state index contributed by atoms with van der Waals surface area (Å²) in [4.78, 5) is 17.4. The standard InChI is InChI=1S/C17H14FN3OS/c18-11-5-6-15-14(9-11)16(22)21(13-3-1-2-4-13)17(20-15)19-12-7-8-23-10-12/h1-3,5-9,12H,4,10H2,(H,19,20). The molecule has 0 saturated heterocycles. The van der Waals surface area contributed by atoms with Gasteiger partial charge in [-0.25, -0.2) is 13.9 Å². The highest BCUT2D eigenvalue weighted by Gasteiger charge is 2.18. The normalized spacial score (nSPS) is 19.5. The van der Waals surface area contributed by atoms with E-state index in [2.05, 4.69) is 16.4 Å². The highest BCUT2D eigenvalue weighted by Crippen LogP contribution is 2.24. The Morgan fingerprint density at radius 3 is 3.04 bits per heavy atom. The second kappa shape index (κ2) is 5.70. The first-order valence-electron chi connectivity index (χ1n) is 7.35. The van der Waals surface area contributed by atoms with E-state index in [-0.39, 0.29) is 11.6 Å². The van der Waals surface area contributed by atoms with Gasteiger partial charge in [-0.3, -0.25) is 4.79 Å². The quantitative estimate of drug-likeness (QED) is 0.939. The number of allylic oxidation sites excluding steroid dienone is 4. The van der Waals surface area contributed by atoms with Gasteiger partial charge in [-0.2, -0.15) is 0 Å². The first-order valence-corrected chi connectivity index (χ1v) is 8.40. The fourth-order valence-corrected chi connectivity index (χ4v) is 3.56. The molecule has 2 aliphatic rings. The van der Waals surface area contributed by atoms with E-state index in [1.54, 1.807) is 22.4 Å². The number of hydrogen-bond donors (Lipinski definition) is 1. The van der Waals surface area contributed by atoms with Crippen molar-refractivity contribution < 1.29 is 4.39 Å². The van der Waals surface area contributed by atoms with Crippen molar-refractivity contribution in [1.29, 1.82) is 0 Å². The van der Waals surface area contributed by atoms with Crippen molar-refractivity contribution in [3.05, 3.63) is 64.1 Å². The second-order valence-corrected chi connectivity index (χ2v) is 6.38. The van der Waals surface area contributed by atoms with Gasteiger partial charge in [0, 0.05) is 17.9 Å². The smallest absolute Gasteiger partial charge is 0.267 e. The topological polar surface area (TPSA) is 46.9 Å². The lowest BCUT2D eigenvalue weighted by Crippen LogP contribution is -2.28. The maximum atomic E-state index is 13.5. The maximum absolute atomic E-state index is 13.5. The third-order valence-corrected chi connectivity index (χ3v) is 4.77. The van der Waals surface area contributed by atoms with E-state index in [1.807, 2.05) is 23.6 Å². The zero-order valence-corrected chi connectivity index (χ0v) is 13.0. The molecule has 4 rings (SSSR count). The van der Waals surface area contributed by atoms with E-state index in [1.165, 1.54) is 12.1 Å². The molecule has 1 N–H and O–H groups in total. The van der Waals surface area contributed by atoms with Crippen LogP contribution >= 0.6 is 11.8 Å². The van der Waals surface area contributed by atoms with Crippen LogP contribution in [0.4, 0.5) is 10.3 Å². The van der Waals surface area contributed by atoms with Gasteiger partial charge >= 0.3 is 0 Å². The van der Waals surface area contributed by atoms with Gasteiger partial charge in [-0.1, -0.05) is 18.2 Å². The predicted molar refractivity (Wildman–Crippen MR) is 93.0 cm³/mol. The summed E-state index contributed by atoms with van der Waals surface area (Å²) in [6.07, 6.45) is 8.49. The molecular weight excluding hydrogens is 313 g/mol. The van der Waals surface area contributed by atoms with E-state index < -0.39 is 5.82 Å². The molecule has 116 valence electrons. The van der Waals surface area contributed by atoms with Crippen LogP contribution in [0.15, 0.2) is 52.7 Å². The first kappa shape index (κ1) is 14.3. The van der Waals surface area contributed by atoms with Crippen LogP contribution in [-0.2, 0) is 0 Å². The number of nitrogens with zero attached hydrogens (tertiary/aromatic N) is 2. The van der Waals surface area contributed by atoms with Crippen molar-refractivity contribution >= 4 is 34.3 Å². The number of nitrogens with one attached hydrogen (secondary N) is 1. The number of benzene rings is 1. The van der Waals surface area contributed by atoms with Gasteiger partial charge in [0.25, 0.3) is 5.56 Å². The van der Waals surface area contributed by atoms with Gasteiger partial charge in [-0.05, 0) is 29.7 Å². The molecule has 1 unspecified atom stereocenters. The summed E-state index contributed by atoms with van der Waals surface area (Å²) in [6, 6.07) is 4.25. The van der Waals surface area contributed by atoms with Crippen LogP contribution in [0.2, 0.25) is 0 Å². The zero-order valence-electron chi connectivity index (χ0n) is 12.2. The minimum absolute atomic E-state index is 0.131. The lowest BCUT2D eigenvalue weighted by Gasteiger charge is -2.18. The van der Waals surface area contributed by atoms with Gasteiger partial charge < -0.3 is 5.32 Å². The molecule has 1 aromatic carbocycles. The van der Waals surface area contributed by atoms with E-state index in [9.17, 15) is 9.18 Å². The van der Waals surface area contributed by atoms with Crippen LogP contribution in [0, 0.1) is 5.82 Å². The molecule has 0 radical (unpaired) electrons. The SMILES string of the molecule is O=c1c2cc(F)ccc2nc(NC2C=CSC2)n1C1=CC=CC1. The number of halogens is 1. The number of aromatic nitrogens is 2. The molecule has 2 heterocycles. The minimum atomic E-state index is -0.433. The molecule has 0 bridgehead atoms. The average molecular weight is 327 g/mol. The van der Waals surface area contributed by atoms with Crippen molar-refractivity contribution in [3.63, 3.8) is 0 Å². The van der Waals surface area contributed by atoms with Crippen LogP contribution in [0.1, 0.15) is 6.42 Å². The Bertz CT molecular complexity index is 929. The summed E-state index contributed by atoms with van der Waals surface area (Å²) in [5, 5.41) is 5.64. The van der Waals surface area contributed by atoms with E-state index in [0.717, 1.165) is 11.4 Å². The number of anilines is 1. The van der Waals surface area contributed by atoms with Crippen LogP contribution in [0.5, 0.6) is 0 Å². The van der Waals surface area contributed by atoms with Crippen LogP contribution in [0.3, 0.4) is 0 Å². The van der Waals surface area contributed by atoms with Gasteiger partial charge in [0.15, 0.2) is 0 Å². The van der Waals surface area contributed by atoms with Crippen molar-refractivity contribution in [2.45, 2.75) is 12.5 Å². The predicted octanol–water partition coefficient (Wildman–Crippen LogP) is 3.38. The first-order chi connectivity index (χ1) is 11.2. The summed E-state index contributed by atoms with van der Waals surface area (Å²) in [5.74, 6) is 0.966. The Morgan fingerprint density at radius 2 is 2.30 bits per heavy atom. The largest absolute Gasteiger partial charge is 0.348 e. The molecule has 1 atom stereocenters. The summed E-state index contributed by atoms with van der Waals surface area (Å²) in [5.41, 5.74) is 1.09. The van der Waals surface area contributed by atoms with E-state index in [4.69, 9.17) is 0 Å². The number of fused-ring (bicyclic) bond motifs is 1. The molecule has 23 heavy (non-hydrogen) atoms. The molecule has 1 aliphatic heterocycles. The highest BCUT2D eigenvalue weighted by molar-refractivity contribution is 8.02. The molecule has 6 heteroatoms. The second-order valence-electron chi connectivity index (χ2n) is 5.44. The van der Waals surface area contributed by atoms with Gasteiger partial charge in [0.05, 0.1) is 16.9 Å². The molecule has 0 spiro atoms. The fourth-order valence-electron chi connectivity index (χ4n) is 2.74. The maximum Gasteiger partial charge on any atom is 0.267 e. The van der Waals surface area contributed by atoms with Gasteiger partial charge in [-0.15, -0.1) is 11.8 Å². The molecule has 4 nitrogen and oxygen atoms in total. The Kier molecular flexibility index (Phi) is 3.53. The minimum Gasteiger partial charge on any atom is -0.348 e. The number of rotatable bonds is 3. The molecule has 1 aliphatic carbocycles. The molecule has 0 amide bonds. The van der Waals surface area contributed by atoms with Crippen molar-refractivity contribution in [2.75, 3.05) is 11.1 Å². The van der Waals surface area contributed by atoms with Crippen LogP contribution in [-0.4, -0.2) is 21.3 Å². The summed E-state index contributed by atoms with van der Waals surface area (Å²) in [7, 11) is 0. The highest BCUT2D eigenvalue weighted by atomic mass is 32.2. The number of thioether (sulfide) groups is 1. The van der Waals surface area contributed by atoms with Gasteiger partial charge in [0.1, 0.15) is 5.82 Å². The number of hydrogen-bond acceptors (Lipinski definition) is 4. The average Bonchev–Trinajstić information content (AvgIpc) is 3.22. The summed E-state index contributed by atoms with van der Waals surface area (Å²) in [6.45, 7) is 0. The third kappa shape index (κ3) is 2.59. The molecule has 0 fully saturated rings. The van der Waals surface area contributed by atoms with E-state index in [0.29, 0.717) is 23.3 Å². The third-order valence-electron chi connectivity index (χ3n) is 3.87. The fraction of sp³-hybridized carbons (Fsp3) is 0.176. The van der Waals surface area contributed by atoms with Crippen LogP contribution < -0.4 is 10.9 Å². The van der Waals surface area contributed by atoms with Crippen molar-refractivity contribution in [3.8, 4) is 0 Å². The van der Waals surface area contributed by atoms with Crippen LogP contribution in [0.25, 0.3) is 16.6 Å². The monoisotopic (exact) mass is 327 g/mol.